The second kappa shape index (κ2) is 12.1. The zero-order valence-corrected chi connectivity index (χ0v) is 20.6. The summed E-state index contributed by atoms with van der Waals surface area (Å²) in [6.45, 7) is 0. The van der Waals surface area contributed by atoms with Gasteiger partial charge in [-0.05, 0) is 67.3 Å². The maximum atomic E-state index is 12.5. The Kier molecular flexibility index (Phi) is 8.47. The lowest BCUT2D eigenvalue weighted by atomic mass is 10.0. The number of carbonyl (C=O) groups is 2. The zero-order chi connectivity index (χ0) is 25.3. The van der Waals surface area contributed by atoms with Crippen LogP contribution in [-0.4, -0.2) is 32.6 Å². The molecule has 0 spiro atoms. The van der Waals surface area contributed by atoms with Crippen LogP contribution in [0.15, 0.2) is 85.2 Å². The van der Waals surface area contributed by atoms with Crippen molar-refractivity contribution in [2.45, 2.75) is 38.1 Å². The van der Waals surface area contributed by atoms with Gasteiger partial charge in [-0.2, -0.15) is 5.10 Å². The molecule has 4 aromatic rings. The van der Waals surface area contributed by atoms with Gasteiger partial charge in [0, 0.05) is 41.5 Å². The first kappa shape index (κ1) is 25.1. The Bertz CT molecular complexity index is 1290. The number of halogens is 1. The first-order chi connectivity index (χ1) is 17.5. The van der Waals surface area contributed by atoms with E-state index in [2.05, 4.69) is 16.4 Å². The van der Waals surface area contributed by atoms with Gasteiger partial charge in [0.25, 0.3) is 0 Å². The quantitative estimate of drug-likeness (QED) is 0.295. The van der Waals surface area contributed by atoms with Gasteiger partial charge in [0.1, 0.15) is 6.04 Å². The molecule has 0 radical (unpaired) electrons. The summed E-state index contributed by atoms with van der Waals surface area (Å²) in [5.74, 6) is -0.723. The van der Waals surface area contributed by atoms with Gasteiger partial charge in [0.05, 0.1) is 11.4 Å². The molecular formula is C28H28ClN5O2. The smallest absolute Gasteiger partial charge is 0.240 e. The molecule has 0 aliphatic carbocycles. The summed E-state index contributed by atoms with van der Waals surface area (Å²) in [7, 11) is 0. The molecule has 4 rings (SSSR count). The Morgan fingerprint density at radius 3 is 2.47 bits per heavy atom. The van der Waals surface area contributed by atoms with Crippen LogP contribution in [-0.2, 0) is 22.4 Å². The highest BCUT2D eigenvalue weighted by Crippen LogP contribution is 2.23. The van der Waals surface area contributed by atoms with Crippen LogP contribution in [0, 0.1) is 0 Å². The fourth-order valence-corrected chi connectivity index (χ4v) is 4.12. The standard InChI is InChI=1S/C28H28ClN5O2/c29-22-12-14-23(15-13-22)34-24(18-25(33-34)21-9-6-16-31-19-21)10-4-5-11-27(35)32-26(28(30)36)17-20-7-2-1-3-8-20/h1-3,6-9,12-16,18-19,26H,4-5,10-11,17H2,(H2,30,36)(H,32,35). The van der Waals surface area contributed by atoms with E-state index in [0.717, 1.165) is 41.0 Å². The lowest BCUT2D eigenvalue weighted by Crippen LogP contribution is -2.45. The highest BCUT2D eigenvalue weighted by molar-refractivity contribution is 6.30. The predicted molar refractivity (Wildman–Crippen MR) is 141 cm³/mol. The van der Waals surface area contributed by atoms with Gasteiger partial charge < -0.3 is 11.1 Å². The number of aryl methyl sites for hydroxylation is 1. The number of hydrogen-bond acceptors (Lipinski definition) is 4. The summed E-state index contributed by atoms with van der Waals surface area (Å²) in [4.78, 5) is 28.6. The van der Waals surface area contributed by atoms with E-state index in [1.807, 2.05) is 71.4 Å². The van der Waals surface area contributed by atoms with Crippen molar-refractivity contribution < 1.29 is 9.59 Å². The summed E-state index contributed by atoms with van der Waals surface area (Å²) >= 11 is 6.07. The number of nitrogens with one attached hydrogen (secondary N) is 1. The fraction of sp³-hybridized carbons (Fsp3) is 0.214. The molecule has 2 aromatic heterocycles. The molecule has 3 N–H and O–H groups in total. The number of carbonyl (C=O) groups excluding carboxylic acids is 2. The molecular weight excluding hydrogens is 474 g/mol. The molecule has 8 heteroatoms. The molecule has 0 fully saturated rings. The first-order valence-electron chi connectivity index (χ1n) is 11.9. The highest BCUT2D eigenvalue weighted by atomic mass is 35.5. The molecule has 2 heterocycles. The van der Waals surface area contributed by atoms with E-state index < -0.39 is 11.9 Å². The van der Waals surface area contributed by atoms with Crippen LogP contribution in [0.4, 0.5) is 0 Å². The molecule has 1 atom stereocenters. The molecule has 7 nitrogen and oxygen atoms in total. The van der Waals surface area contributed by atoms with Crippen LogP contribution in [0.25, 0.3) is 16.9 Å². The average molecular weight is 502 g/mol. The van der Waals surface area contributed by atoms with Crippen molar-refractivity contribution in [2.75, 3.05) is 0 Å². The second-order valence-corrected chi connectivity index (χ2v) is 9.01. The number of hydrogen-bond donors (Lipinski definition) is 2. The van der Waals surface area contributed by atoms with Crippen LogP contribution >= 0.6 is 11.6 Å². The van der Waals surface area contributed by atoms with Crippen molar-refractivity contribution in [3.63, 3.8) is 0 Å². The van der Waals surface area contributed by atoms with Gasteiger partial charge in [0.15, 0.2) is 0 Å². The van der Waals surface area contributed by atoms with Crippen LogP contribution in [0.1, 0.15) is 30.5 Å². The summed E-state index contributed by atoms with van der Waals surface area (Å²) < 4.78 is 1.90. The minimum atomic E-state index is -0.728. The van der Waals surface area contributed by atoms with Crippen molar-refractivity contribution in [2.24, 2.45) is 5.73 Å². The molecule has 2 aromatic carbocycles. The third-order valence-corrected chi connectivity index (χ3v) is 6.11. The molecule has 1 unspecified atom stereocenters. The van der Waals surface area contributed by atoms with E-state index in [-0.39, 0.29) is 5.91 Å². The van der Waals surface area contributed by atoms with Crippen molar-refractivity contribution in [1.82, 2.24) is 20.1 Å². The van der Waals surface area contributed by atoms with E-state index in [0.29, 0.717) is 24.3 Å². The summed E-state index contributed by atoms with van der Waals surface area (Å²) in [6.07, 6.45) is 6.37. The maximum Gasteiger partial charge on any atom is 0.240 e. The number of nitrogens with two attached hydrogens (primary N) is 1. The van der Waals surface area contributed by atoms with E-state index >= 15 is 0 Å². The highest BCUT2D eigenvalue weighted by Gasteiger charge is 2.18. The lowest BCUT2D eigenvalue weighted by molar-refractivity contribution is -0.127. The van der Waals surface area contributed by atoms with E-state index in [4.69, 9.17) is 22.4 Å². The number of benzene rings is 2. The first-order valence-corrected chi connectivity index (χ1v) is 12.3. The minimum absolute atomic E-state index is 0.183. The van der Waals surface area contributed by atoms with Gasteiger partial charge in [-0.15, -0.1) is 0 Å². The molecule has 184 valence electrons. The summed E-state index contributed by atoms with van der Waals surface area (Å²) in [6, 6.07) is 22.2. The molecule has 0 aliphatic heterocycles. The summed E-state index contributed by atoms with van der Waals surface area (Å²) in [5, 5.41) is 8.24. The Morgan fingerprint density at radius 2 is 1.78 bits per heavy atom. The van der Waals surface area contributed by atoms with Crippen LogP contribution < -0.4 is 11.1 Å². The average Bonchev–Trinajstić information content (AvgIpc) is 3.32. The van der Waals surface area contributed by atoms with Gasteiger partial charge in [-0.25, -0.2) is 4.68 Å². The fourth-order valence-electron chi connectivity index (χ4n) is 3.99. The predicted octanol–water partition coefficient (Wildman–Crippen LogP) is 4.51. The van der Waals surface area contributed by atoms with E-state index in [1.54, 1.807) is 12.4 Å². The largest absolute Gasteiger partial charge is 0.368 e. The lowest BCUT2D eigenvalue weighted by Gasteiger charge is -2.15. The van der Waals surface area contributed by atoms with E-state index in [9.17, 15) is 9.59 Å². The van der Waals surface area contributed by atoms with Gasteiger partial charge >= 0.3 is 0 Å². The minimum Gasteiger partial charge on any atom is -0.368 e. The molecule has 36 heavy (non-hydrogen) atoms. The van der Waals surface area contributed by atoms with Gasteiger partial charge in [-0.3, -0.25) is 14.6 Å². The number of unbranched alkanes of at least 4 members (excludes halogenated alkanes) is 1. The number of pyridine rings is 1. The third-order valence-electron chi connectivity index (χ3n) is 5.86. The van der Waals surface area contributed by atoms with Crippen LogP contribution in [0.3, 0.4) is 0 Å². The zero-order valence-electron chi connectivity index (χ0n) is 19.8. The van der Waals surface area contributed by atoms with Crippen molar-refractivity contribution in [3.8, 4) is 16.9 Å². The topological polar surface area (TPSA) is 103 Å². The van der Waals surface area contributed by atoms with Gasteiger partial charge in [-0.1, -0.05) is 41.9 Å². The number of rotatable bonds is 11. The Labute approximate surface area is 215 Å². The Hall–Kier alpha value is -3.97. The Morgan fingerprint density at radius 1 is 1.00 bits per heavy atom. The molecule has 0 saturated carbocycles. The monoisotopic (exact) mass is 501 g/mol. The normalized spacial score (nSPS) is 11.7. The maximum absolute atomic E-state index is 12.5. The number of nitrogens with zero attached hydrogens (tertiary/aromatic N) is 3. The van der Waals surface area contributed by atoms with Crippen molar-refractivity contribution in [1.29, 1.82) is 0 Å². The second-order valence-electron chi connectivity index (χ2n) is 8.57. The summed E-state index contributed by atoms with van der Waals surface area (Å²) in [5.41, 5.74) is 10.2. The van der Waals surface area contributed by atoms with Crippen molar-refractivity contribution >= 4 is 23.4 Å². The SMILES string of the molecule is NC(=O)C(Cc1ccccc1)NC(=O)CCCCc1cc(-c2cccnc2)nn1-c1ccc(Cl)cc1. The number of aromatic nitrogens is 3. The molecule has 0 bridgehead atoms. The van der Waals surface area contributed by atoms with Crippen molar-refractivity contribution in [3.05, 3.63) is 101 Å². The number of primary amides is 1. The van der Waals surface area contributed by atoms with Crippen LogP contribution in [0.5, 0.6) is 0 Å². The van der Waals surface area contributed by atoms with E-state index in [1.165, 1.54) is 0 Å². The van der Waals surface area contributed by atoms with Gasteiger partial charge in [0.2, 0.25) is 11.8 Å². The van der Waals surface area contributed by atoms with Crippen LogP contribution in [0.2, 0.25) is 5.02 Å². The molecule has 0 saturated heterocycles. The molecule has 2 amide bonds. The Balaban J connectivity index is 1.37. The third kappa shape index (κ3) is 6.79. The number of amides is 2. The molecule has 0 aliphatic rings.